The van der Waals surface area contributed by atoms with Crippen LogP contribution >= 0.6 is 11.8 Å². The number of thioether (sulfide) groups is 1. The van der Waals surface area contributed by atoms with Crippen molar-refractivity contribution < 1.29 is 9.53 Å². The number of methoxy groups -OCH3 is 1. The molecule has 1 N–H and O–H groups in total. The molecule has 4 aromatic rings. The van der Waals surface area contributed by atoms with Crippen molar-refractivity contribution in [2.45, 2.75) is 37.6 Å². The van der Waals surface area contributed by atoms with Gasteiger partial charge in [-0.05, 0) is 49.6 Å². The van der Waals surface area contributed by atoms with Crippen molar-refractivity contribution in [3.8, 4) is 11.4 Å². The van der Waals surface area contributed by atoms with Gasteiger partial charge < -0.3 is 10.1 Å². The summed E-state index contributed by atoms with van der Waals surface area (Å²) >= 11 is 1.28. The molecule has 0 aliphatic carbocycles. The van der Waals surface area contributed by atoms with E-state index in [2.05, 4.69) is 15.5 Å². The van der Waals surface area contributed by atoms with Crippen LogP contribution < -0.4 is 15.6 Å². The number of anilines is 1. The molecule has 0 fully saturated rings. The number of amides is 1. The van der Waals surface area contributed by atoms with Crippen LogP contribution in [0.3, 0.4) is 0 Å². The molecule has 2 aromatic heterocycles. The van der Waals surface area contributed by atoms with Crippen molar-refractivity contribution in [3.63, 3.8) is 0 Å². The van der Waals surface area contributed by atoms with Gasteiger partial charge in [0.25, 0.3) is 0 Å². The summed E-state index contributed by atoms with van der Waals surface area (Å²) in [6.07, 6.45) is 3.97. The molecule has 0 unspecified atom stereocenters. The Bertz CT molecular complexity index is 1380. The highest BCUT2D eigenvalue weighted by molar-refractivity contribution is 8.00. The zero-order valence-electron chi connectivity index (χ0n) is 18.9. The molecule has 33 heavy (non-hydrogen) atoms. The zero-order valence-corrected chi connectivity index (χ0v) is 19.7. The minimum atomic E-state index is -0.394. The van der Waals surface area contributed by atoms with E-state index in [0.717, 1.165) is 16.8 Å². The van der Waals surface area contributed by atoms with Crippen molar-refractivity contribution in [2.75, 3.05) is 12.4 Å². The molecule has 1 atom stereocenters. The lowest BCUT2D eigenvalue weighted by Crippen LogP contribution is -2.25. The van der Waals surface area contributed by atoms with Gasteiger partial charge in [0.05, 0.1) is 18.0 Å². The molecule has 2 aromatic carbocycles. The average molecular weight is 464 g/mol. The second-order valence-corrected chi connectivity index (χ2v) is 8.81. The third-order valence-electron chi connectivity index (χ3n) is 5.35. The first kappa shape index (κ1) is 22.6. The van der Waals surface area contributed by atoms with Crippen molar-refractivity contribution in [3.05, 3.63) is 76.3 Å². The van der Waals surface area contributed by atoms with E-state index < -0.39 is 5.25 Å². The van der Waals surface area contributed by atoms with Gasteiger partial charge in [-0.25, -0.2) is 0 Å². The molecular formula is C24H25N5O3S. The predicted octanol–water partition coefficient (Wildman–Crippen LogP) is 4.02. The first-order chi connectivity index (χ1) is 15.9. The standard InChI is InChI=1S/C24H25N5O3S/c1-5-20(22(30)25-17-14-15(2)10-11-16(17)3)33-24-27-26-21-23(31)28(12-13-29(21)24)18-8-6-7-9-19(18)32-4/h6-14,20H,5H2,1-4H3,(H,25,30)/t20-/m1/s1. The molecule has 9 heteroatoms. The van der Waals surface area contributed by atoms with Crippen LogP contribution in [-0.2, 0) is 4.79 Å². The fourth-order valence-electron chi connectivity index (χ4n) is 3.50. The number of rotatable bonds is 7. The second kappa shape index (κ2) is 9.50. The van der Waals surface area contributed by atoms with Gasteiger partial charge in [-0.15, -0.1) is 10.2 Å². The van der Waals surface area contributed by atoms with E-state index in [1.165, 1.54) is 16.3 Å². The van der Waals surface area contributed by atoms with Crippen LogP contribution in [0.4, 0.5) is 5.69 Å². The number of nitrogens with one attached hydrogen (secondary N) is 1. The third kappa shape index (κ3) is 4.49. The third-order valence-corrected chi connectivity index (χ3v) is 6.67. The maximum absolute atomic E-state index is 13.1. The predicted molar refractivity (Wildman–Crippen MR) is 130 cm³/mol. The normalized spacial score (nSPS) is 12.0. The van der Waals surface area contributed by atoms with E-state index in [9.17, 15) is 9.59 Å². The van der Waals surface area contributed by atoms with Crippen LogP contribution in [0.1, 0.15) is 24.5 Å². The first-order valence-corrected chi connectivity index (χ1v) is 11.5. The minimum Gasteiger partial charge on any atom is -0.495 e. The van der Waals surface area contributed by atoms with E-state index in [0.29, 0.717) is 23.0 Å². The fourth-order valence-corrected chi connectivity index (χ4v) is 4.43. The number of aromatic nitrogens is 4. The van der Waals surface area contributed by atoms with Crippen LogP contribution in [0.25, 0.3) is 11.3 Å². The Morgan fingerprint density at radius 2 is 1.94 bits per heavy atom. The van der Waals surface area contributed by atoms with Crippen LogP contribution in [0.5, 0.6) is 5.75 Å². The summed E-state index contributed by atoms with van der Waals surface area (Å²) in [5, 5.41) is 11.4. The Morgan fingerprint density at radius 3 is 2.70 bits per heavy atom. The molecule has 0 saturated carbocycles. The Hall–Kier alpha value is -3.59. The quantitative estimate of drug-likeness (QED) is 0.417. The number of carbonyl (C=O) groups excluding carboxylic acids is 1. The number of ether oxygens (including phenoxy) is 1. The van der Waals surface area contributed by atoms with E-state index >= 15 is 0 Å². The molecule has 0 aliphatic rings. The Labute approximate surface area is 195 Å². The van der Waals surface area contributed by atoms with Gasteiger partial charge in [0, 0.05) is 18.1 Å². The monoisotopic (exact) mass is 463 g/mol. The second-order valence-electron chi connectivity index (χ2n) is 7.64. The number of para-hydroxylation sites is 2. The van der Waals surface area contributed by atoms with Crippen LogP contribution in [-0.4, -0.2) is 37.4 Å². The largest absolute Gasteiger partial charge is 0.495 e. The lowest BCUT2D eigenvalue weighted by atomic mass is 10.1. The van der Waals surface area contributed by atoms with E-state index in [1.807, 2.05) is 51.1 Å². The molecule has 2 heterocycles. The number of hydrogen-bond acceptors (Lipinski definition) is 6. The smallest absolute Gasteiger partial charge is 0.300 e. The Kier molecular flexibility index (Phi) is 6.50. The first-order valence-electron chi connectivity index (χ1n) is 10.6. The molecular weight excluding hydrogens is 438 g/mol. The maximum atomic E-state index is 13.1. The maximum Gasteiger partial charge on any atom is 0.300 e. The molecule has 170 valence electrons. The summed E-state index contributed by atoms with van der Waals surface area (Å²) < 4.78 is 8.47. The topological polar surface area (TPSA) is 90.5 Å². The zero-order chi connectivity index (χ0) is 23.5. The van der Waals surface area contributed by atoms with Crippen LogP contribution in [0, 0.1) is 13.8 Å². The number of benzene rings is 2. The van der Waals surface area contributed by atoms with Crippen molar-refractivity contribution in [1.29, 1.82) is 0 Å². The van der Waals surface area contributed by atoms with Crippen LogP contribution in [0.15, 0.2) is 64.8 Å². The molecule has 0 bridgehead atoms. The van der Waals surface area contributed by atoms with Crippen LogP contribution in [0.2, 0.25) is 0 Å². The van der Waals surface area contributed by atoms with Gasteiger partial charge in [-0.3, -0.25) is 18.6 Å². The van der Waals surface area contributed by atoms with Crippen molar-refractivity contribution in [1.82, 2.24) is 19.2 Å². The molecule has 0 saturated heterocycles. The van der Waals surface area contributed by atoms with Gasteiger partial charge >= 0.3 is 5.56 Å². The number of aryl methyl sites for hydroxylation is 2. The summed E-state index contributed by atoms with van der Waals surface area (Å²) in [7, 11) is 1.56. The van der Waals surface area contributed by atoms with Gasteiger partial charge in [-0.2, -0.15) is 0 Å². The highest BCUT2D eigenvalue weighted by Gasteiger charge is 2.23. The molecule has 8 nitrogen and oxygen atoms in total. The number of fused-ring (bicyclic) bond motifs is 1. The van der Waals surface area contributed by atoms with E-state index in [1.54, 1.807) is 36.0 Å². The molecule has 0 radical (unpaired) electrons. The SMILES string of the molecule is CC[C@@H](Sc1nnc2c(=O)n(-c3ccccc3OC)ccn12)C(=O)Nc1cc(C)ccc1C. The van der Waals surface area contributed by atoms with Gasteiger partial charge in [0.15, 0.2) is 5.16 Å². The van der Waals surface area contributed by atoms with E-state index in [-0.39, 0.29) is 17.1 Å². The molecule has 4 rings (SSSR count). The van der Waals surface area contributed by atoms with E-state index in [4.69, 9.17) is 4.74 Å². The lowest BCUT2D eigenvalue weighted by Gasteiger charge is -2.15. The lowest BCUT2D eigenvalue weighted by molar-refractivity contribution is -0.115. The van der Waals surface area contributed by atoms with Gasteiger partial charge in [0.1, 0.15) is 5.75 Å². The Balaban J connectivity index is 1.62. The molecule has 0 aliphatic heterocycles. The number of carbonyl (C=O) groups is 1. The molecule has 1 amide bonds. The highest BCUT2D eigenvalue weighted by atomic mass is 32.2. The van der Waals surface area contributed by atoms with Crippen molar-refractivity contribution in [2.24, 2.45) is 0 Å². The summed E-state index contributed by atoms with van der Waals surface area (Å²) in [5.74, 6) is 0.461. The van der Waals surface area contributed by atoms with Gasteiger partial charge in [-0.1, -0.05) is 43.0 Å². The highest BCUT2D eigenvalue weighted by Crippen LogP contribution is 2.27. The summed E-state index contributed by atoms with van der Waals surface area (Å²) in [5.41, 5.74) is 3.34. The number of hydrogen-bond donors (Lipinski definition) is 1. The molecule has 0 spiro atoms. The minimum absolute atomic E-state index is 0.115. The van der Waals surface area contributed by atoms with Crippen molar-refractivity contribution >= 4 is 29.0 Å². The summed E-state index contributed by atoms with van der Waals surface area (Å²) in [6, 6.07) is 13.2. The summed E-state index contributed by atoms with van der Waals surface area (Å²) in [4.78, 5) is 26.1. The number of nitrogens with zero attached hydrogens (tertiary/aromatic N) is 4. The summed E-state index contributed by atoms with van der Waals surface area (Å²) in [6.45, 7) is 5.89. The fraction of sp³-hybridized carbons (Fsp3) is 0.250. The Morgan fingerprint density at radius 1 is 1.15 bits per heavy atom. The average Bonchev–Trinajstić information content (AvgIpc) is 3.23. The van der Waals surface area contributed by atoms with Gasteiger partial charge in [0.2, 0.25) is 11.6 Å².